The third kappa shape index (κ3) is 2.80. The largest absolute Gasteiger partial charge is 0.330 e. The predicted molar refractivity (Wildman–Crippen MR) is 61.9 cm³/mol. The van der Waals surface area contributed by atoms with Crippen molar-refractivity contribution < 1.29 is 8.42 Å². The topological polar surface area (TPSA) is 63.4 Å². The van der Waals surface area contributed by atoms with Gasteiger partial charge in [-0.25, -0.2) is 12.7 Å². The maximum absolute atomic E-state index is 11.8. The molecule has 88 valence electrons. The van der Waals surface area contributed by atoms with Crippen molar-refractivity contribution in [2.24, 2.45) is 11.7 Å². The number of hydrogen-bond acceptors (Lipinski definition) is 3. The van der Waals surface area contributed by atoms with Crippen LogP contribution < -0.4 is 5.73 Å². The standard InChI is InChI=1S/C10H20N2O2S/c1-3-7-15(13,14)12(2)10-6-4-5-9(10)8-11/h3,9-10H,1,4-8,11H2,2H3. The van der Waals surface area contributed by atoms with Gasteiger partial charge < -0.3 is 5.73 Å². The van der Waals surface area contributed by atoms with Gasteiger partial charge in [0.15, 0.2) is 0 Å². The summed E-state index contributed by atoms with van der Waals surface area (Å²) in [7, 11) is -1.53. The van der Waals surface area contributed by atoms with Crippen molar-refractivity contribution in [3.63, 3.8) is 0 Å². The third-order valence-corrected chi connectivity index (χ3v) is 4.96. The highest BCUT2D eigenvalue weighted by molar-refractivity contribution is 7.89. The molecule has 0 radical (unpaired) electrons. The number of nitrogens with two attached hydrogens (primary N) is 1. The number of nitrogens with zero attached hydrogens (tertiary/aromatic N) is 1. The smallest absolute Gasteiger partial charge is 0.217 e. The van der Waals surface area contributed by atoms with Crippen LogP contribution >= 0.6 is 0 Å². The van der Waals surface area contributed by atoms with Crippen molar-refractivity contribution in [2.45, 2.75) is 25.3 Å². The zero-order chi connectivity index (χ0) is 11.5. The Labute approximate surface area is 92.2 Å². The summed E-state index contributed by atoms with van der Waals surface area (Å²) in [5.41, 5.74) is 5.64. The summed E-state index contributed by atoms with van der Waals surface area (Å²) in [4.78, 5) is 0. The van der Waals surface area contributed by atoms with E-state index in [0.717, 1.165) is 19.3 Å². The molecule has 2 N–H and O–H groups in total. The zero-order valence-corrected chi connectivity index (χ0v) is 10.0. The summed E-state index contributed by atoms with van der Waals surface area (Å²) >= 11 is 0. The molecule has 0 aromatic heterocycles. The molecule has 4 nitrogen and oxygen atoms in total. The fraction of sp³-hybridized carbons (Fsp3) is 0.800. The molecule has 0 bridgehead atoms. The van der Waals surface area contributed by atoms with E-state index in [4.69, 9.17) is 5.73 Å². The van der Waals surface area contributed by atoms with E-state index >= 15 is 0 Å². The van der Waals surface area contributed by atoms with Gasteiger partial charge in [0.25, 0.3) is 0 Å². The molecule has 0 aromatic carbocycles. The summed E-state index contributed by atoms with van der Waals surface area (Å²) in [6.45, 7) is 4.03. The van der Waals surface area contributed by atoms with Crippen LogP contribution in [-0.4, -0.2) is 38.1 Å². The van der Waals surface area contributed by atoms with E-state index in [-0.39, 0.29) is 11.8 Å². The highest BCUT2D eigenvalue weighted by atomic mass is 32.2. The highest BCUT2D eigenvalue weighted by Crippen LogP contribution is 2.29. The molecule has 15 heavy (non-hydrogen) atoms. The Morgan fingerprint density at radius 3 is 2.73 bits per heavy atom. The normalized spacial score (nSPS) is 27.1. The first-order valence-electron chi connectivity index (χ1n) is 5.29. The van der Waals surface area contributed by atoms with Crippen LogP contribution in [0.15, 0.2) is 12.7 Å². The van der Waals surface area contributed by atoms with Gasteiger partial charge in [0.05, 0.1) is 5.75 Å². The van der Waals surface area contributed by atoms with Crippen molar-refractivity contribution in [1.29, 1.82) is 0 Å². The number of hydrogen-bond donors (Lipinski definition) is 1. The molecule has 5 heteroatoms. The van der Waals surface area contributed by atoms with E-state index in [2.05, 4.69) is 6.58 Å². The van der Waals surface area contributed by atoms with Crippen LogP contribution in [-0.2, 0) is 10.0 Å². The minimum Gasteiger partial charge on any atom is -0.330 e. The minimum atomic E-state index is -3.18. The Morgan fingerprint density at radius 1 is 1.53 bits per heavy atom. The number of sulfonamides is 1. The molecule has 0 saturated heterocycles. The lowest BCUT2D eigenvalue weighted by Gasteiger charge is -2.27. The summed E-state index contributed by atoms with van der Waals surface area (Å²) in [6, 6.07) is 0.0833. The first-order valence-corrected chi connectivity index (χ1v) is 6.90. The molecule has 2 atom stereocenters. The van der Waals surface area contributed by atoms with Crippen molar-refractivity contribution in [3.05, 3.63) is 12.7 Å². The molecule has 0 spiro atoms. The van der Waals surface area contributed by atoms with Gasteiger partial charge >= 0.3 is 0 Å². The van der Waals surface area contributed by atoms with E-state index < -0.39 is 10.0 Å². The van der Waals surface area contributed by atoms with Gasteiger partial charge in [-0.3, -0.25) is 0 Å². The minimum absolute atomic E-state index is 0.0112. The van der Waals surface area contributed by atoms with Gasteiger partial charge in [-0.2, -0.15) is 0 Å². The molecule has 1 fully saturated rings. The average Bonchev–Trinajstić information content (AvgIpc) is 2.63. The molecule has 1 rings (SSSR count). The van der Waals surface area contributed by atoms with E-state index in [1.54, 1.807) is 7.05 Å². The monoisotopic (exact) mass is 232 g/mol. The van der Waals surface area contributed by atoms with Crippen LogP contribution in [0.1, 0.15) is 19.3 Å². The van der Waals surface area contributed by atoms with Gasteiger partial charge in [-0.1, -0.05) is 12.5 Å². The summed E-state index contributed by atoms with van der Waals surface area (Å²) < 4.78 is 25.1. The maximum Gasteiger partial charge on any atom is 0.217 e. The van der Waals surface area contributed by atoms with Gasteiger partial charge in [-0.05, 0) is 25.3 Å². The Balaban J connectivity index is 2.75. The fourth-order valence-corrected chi connectivity index (χ4v) is 3.47. The van der Waals surface area contributed by atoms with Crippen LogP contribution in [0.5, 0.6) is 0 Å². The Bertz CT molecular complexity index is 313. The van der Waals surface area contributed by atoms with Crippen LogP contribution in [0, 0.1) is 5.92 Å². The third-order valence-electron chi connectivity index (χ3n) is 3.16. The fourth-order valence-electron chi connectivity index (χ4n) is 2.24. The Morgan fingerprint density at radius 2 is 2.20 bits per heavy atom. The number of rotatable bonds is 5. The first-order chi connectivity index (χ1) is 7.03. The van der Waals surface area contributed by atoms with Crippen molar-refractivity contribution in [3.8, 4) is 0 Å². The summed E-state index contributed by atoms with van der Waals surface area (Å²) in [5.74, 6) is 0.326. The Kier molecular flexibility index (Phi) is 4.31. The quantitative estimate of drug-likeness (QED) is 0.705. The maximum atomic E-state index is 11.8. The molecular weight excluding hydrogens is 212 g/mol. The molecule has 0 aliphatic heterocycles. The van der Waals surface area contributed by atoms with E-state index in [1.807, 2.05) is 0 Å². The van der Waals surface area contributed by atoms with Gasteiger partial charge in [0, 0.05) is 13.1 Å². The van der Waals surface area contributed by atoms with Gasteiger partial charge in [-0.15, -0.1) is 6.58 Å². The van der Waals surface area contributed by atoms with Crippen LogP contribution in [0.3, 0.4) is 0 Å². The van der Waals surface area contributed by atoms with Crippen molar-refractivity contribution >= 4 is 10.0 Å². The van der Waals surface area contributed by atoms with Crippen molar-refractivity contribution in [1.82, 2.24) is 4.31 Å². The molecule has 1 aliphatic rings. The van der Waals surface area contributed by atoms with Gasteiger partial charge in [0.2, 0.25) is 10.0 Å². The van der Waals surface area contributed by atoms with E-state index in [0.29, 0.717) is 12.5 Å². The molecule has 0 aromatic rings. The van der Waals surface area contributed by atoms with Crippen LogP contribution in [0.2, 0.25) is 0 Å². The summed E-state index contributed by atoms with van der Waals surface area (Å²) in [6.07, 6.45) is 4.46. The lowest BCUT2D eigenvalue weighted by molar-refractivity contribution is 0.305. The second-order valence-corrected chi connectivity index (χ2v) is 6.15. The lowest BCUT2D eigenvalue weighted by Crippen LogP contribution is -2.42. The second kappa shape index (κ2) is 5.09. The second-order valence-electron chi connectivity index (χ2n) is 4.08. The molecule has 0 heterocycles. The first kappa shape index (κ1) is 12.7. The van der Waals surface area contributed by atoms with Crippen LogP contribution in [0.25, 0.3) is 0 Å². The van der Waals surface area contributed by atoms with Crippen LogP contribution in [0.4, 0.5) is 0 Å². The average molecular weight is 232 g/mol. The predicted octanol–water partition coefficient (Wildman–Crippen LogP) is 0.561. The molecule has 1 saturated carbocycles. The SMILES string of the molecule is C=CCS(=O)(=O)N(C)C1CCCC1CN. The molecular formula is C10H20N2O2S. The van der Waals surface area contributed by atoms with Gasteiger partial charge in [0.1, 0.15) is 0 Å². The highest BCUT2D eigenvalue weighted by Gasteiger charge is 2.34. The molecule has 1 aliphatic carbocycles. The summed E-state index contributed by atoms with van der Waals surface area (Å²) in [5, 5.41) is 0. The Hall–Kier alpha value is -0.390. The zero-order valence-electron chi connectivity index (χ0n) is 9.22. The molecule has 0 amide bonds. The molecule has 2 unspecified atom stereocenters. The lowest BCUT2D eigenvalue weighted by atomic mass is 10.0. The van der Waals surface area contributed by atoms with Crippen molar-refractivity contribution in [2.75, 3.05) is 19.3 Å². The van der Waals surface area contributed by atoms with E-state index in [1.165, 1.54) is 10.4 Å². The van der Waals surface area contributed by atoms with E-state index in [9.17, 15) is 8.42 Å².